The van der Waals surface area contributed by atoms with Crippen molar-refractivity contribution in [2.75, 3.05) is 24.1 Å². The molecule has 176 valence electrons. The first kappa shape index (κ1) is 22.9. The number of hydrogen-bond acceptors (Lipinski definition) is 6. The third-order valence-corrected chi connectivity index (χ3v) is 7.66. The van der Waals surface area contributed by atoms with Crippen molar-refractivity contribution < 1.29 is 4.79 Å². The fourth-order valence-corrected chi connectivity index (χ4v) is 5.82. The molecule has 6 nitrogen and oxygen atoms in total. The number of nitrogens with one attached hydrogen (secondary N) is 1. The lowest BCUT2D eigenvalue weighted by Gasteiger charge is -2.27. The molecule has 0 bridgehead atoms. The fourth-order valence-electron chi connectivity index (χ4n) is 4.60. The standard InChI is InChI=1S/C28H27N5OS/c1-17-10-12-19(13-11-17)22-20(16-29)26(30)32-24-23(28(34)33-14-6-3-7-15-33)27(35-25(22)24)31-21-9-5-4-8-18(21)2/h4-5,8-13,31H,3,6-7,14-15H2,1-2H3,(H2,30,32). The van der Waals surface area contributed by atoms with Gasteiger partial charge >= 0.3 is 0 Å². The molecule has 5 rings (SSSR count). The maximum atomic E-state index is 13.9. The van der Waals surface area contributed by atoms with Gasteiger partial charge in [-0.05, 0) is 50.3 Å². The summed E-state index contributed by atoms with van der Waals surface area (Å²) in [5.41, 5.74) is 12.5. The average Bonchev–Trinajstić information content (AvgIpc) is 3.22. The third kappa shape index (κ3) is 4.22. The number of carbonyl (C=O) groups excluding carboxylic acids is 1. The zero-order valence-electron chi connectivity index (χ0n) is 19.9. The second-order valence-electron chi connectivity index (χ2n) is 9.00. The summed E-state index contributed by atoms with van der Waals surface area (Å²) in [4.78, 5) is 20.4. The van der Waals surface area contributed by atoms with Gasteiger partial charge in [-0.15, -0.1) is 11.3 Å². The highest BCUT2D eigenvalue weighted by Crippen LogP contribution is 2.45. The molecule has 1 saturated heterocycles. The number of para-hydroxylation sites is 1. The van der Waals surface area contributed by atoms with Gasteiger partial charge in [-0.1, -0.05) is 48.0 Å². The Morgan fingerprint density at radius 2 is 1.80 bits per heavy atom. The SMILES string of the molecule is Cc1ccc(-c2c(C#N)c(N)nc3c(C(=O)N4CCCCC4)c(Nc4ccccc4C)sc23)cc1. The van der Waals surface area contributed by atoms with Gasteiger partial charge in [0, 0.05) is 24.3 Å². The molecule has 1 fully saturated rings. The molecule has 1 amide bonds. The first-order valence-corrected chi connectivity index (χ1v) is 12.6. The van der Waals surface area contributed by atoms with Crippen LogP contribution in [0.3, 0.4) is 0 Å². The van der Waals surface area contributed by atoms with Crippen LogP contribution in [-0.2, 0) is 0 Å². The van der Waals surface area contributed by atoms with E-state index in [4.69, 9.17) is 5.73 Å². The minimum Gasteiger partial charge on any atom is -0.383 e. The van der Waals surface area contributed by atoms with E-state index < -0.39 is 0 Å². The van der Waals surface area contributed by atoms with Crippen LogP contribution < -0.4 is 11.1 Å². The predicted octanol–water partition coefficient (Wildman–Crippen LogP) is 6.40. The van der Waals surface area contributed by atoms with Gasteiger partial charge in [-0.25, -0.2) is 4.98 Å². The lowest BCUT2D eigenvalue weighted by atomic mass is 9.98. The molecule has 1 aliphatic heterocycles. The number of pyridine rings is 1. The van der Waals surface area contributed by atoms with E-state index in [1.807, 2.05) is 67.3 Å². The predicted molar refractivity (Wildman–Crippen MR) is 143 cm³/mol. The molecule has 2 aromatic carbocycles. The number of anilines is 3. The molecule has 35 heavy (non-hydrogen) atoms. The maximum absolute atomic E-state index is 13.9. The molecular weight excluding hydrogens is 454 g/mol. The summed E-state index contributed by atoms with van der Waals surface area (Å²) in [7, 11) is 0. The summed E-state index contributed by atoms with van der Waals surface area (Å²) in [5, 5.41) is 14.2. The number of aromatic nitrogens is 1. The van der Waals surface area contributed by atoms with Crippen LogP contribution in [0.5, 0.6) is 0 Å². The van der Waals surface area contributed by atoms with E-state index >= 15 is 0 Å². The molecular formula is C28H27N5OS. The Hall–Kier alpha value is -3.89. The number of amides is 1. The van der Waals surface area contributed by atoms with Crippen LogP contribution in [0.25, 0.3) is 21.3 Å². The van der Waals surface area contributed by atoms with E-state index in [0.717, 1.165) is 70.0 Å². The number of nitriles is 1. The van der Waals surface area contributed by atoms with Crippen LogP contribution in [0, 0.1) is 25.2 Å². The largest absolute Gasteiger partial charge is 0.383 e. The Bertz CT molecular complexity index is 1460. The van der Waals surface area contributed by atoms with Crippen LogP contribution in [0.1, 0.15) is 46.3 Å². The Kier molecular flexibility index (Phi) is 6.14. The van der Waals surface area contributed by atoms with Crippen LogP contribution in [0.4, 0.5) is 16.5 Å². The zero-order chi connectivity index (χ0) is 24.5. The second-order valence-corrected chi connectivity index (χ2v) is 10.0. The number of benzene rings is 2. The van der Waals surface area contributed by atoms with Crippen molar-refractivity contribution in [2.45, 2.75) is 33.1 Å². The Balaban J connectivity index is 1.78. The highest BCUT2D eigenvalue weighted by atomic mass is 32.1. The first-order valence-electron chi connectivity index (χ1n) is 11.8. The molecule has 3 heterocycles. The summed E-state index contributed by atoms with van der Waals surface area (Å²) in [5.74, 6) is 0.0991. The van der Waals surface area contributed by atoms with Crippen molar-refractivity contribution in [1.29, 1.82) is 5.26 Å². The van der Waals surface area contributed by atoms with Gasteiger partial charge in [0.2, 0.25) is 0 Å². The molecule has 0 aliphatic carbocycles. The molecule has 3 N–H and O–H groups in total. The highest BCUT2D eigenvalue weighted by molar-refractivity contribution is 7.24. The van der Waals surface area contributed by atoms with Gasteiger partial charge in [-0.2, -0.15) is 5.26 Å². The number of nitrogens with two attached hydrogens (primary N) is 1. The summed E-state index contributed by atoms with van der Waals surface area (Å²) >= 11 is 1.46. The maximum Gasteiger partial charge on any atom is 0.259 e. The van der Waals surface area contributed by atoms with E-state index in [-0.39, 0.29) is 11.7 Å². The molecule has 0 atom stereocenters. The van der Waals surface area contributed by atoms with Gasteiger partial charge in [0.25, 0.3) is 5.91 Å². The Labute approximate surface area is 209 Å². The summed E-state index contributed by atoms with van der Waals surface area (Å²) in [6.07, 6.45) is 3.13. The van der Waals surface area contributed by atoms with Crippen molar-refractivity contribution >= 4 is 44.0 Å². The minimum absolute atomic E-state index is 0.0431. The quantitative estimate of drug-likeness (QED) is 0.351. The van der Waals surface area contributed by atoms with E-state index in [9.17, 15) is 10.1 Å². The lowest BCUT2D eigenvalue weighted by molar-refractivity contribution is 0.0727. The molecule has 1 aliphatic rings. The fraction of sp³-hybridized carbons (Fsp3) is 0.250. The number of piperidine rings is 1. The van der Waals surface area contributed by atoms with Crippen molar-refractivity contribution in [2.24, 2.45) is 0 Å². The normalized spacial score (nSPS) is 13.6. The Morgan fingerprint density at radius 1 is 1.09 bits per heavy atom. The smallest absolute Gasteiger partial charge is 0.259 e. The molecule has 0 spiro atoms. The molecule has 0 unspecified atom stereocenters. The van der Waals surface area contributed by atoms with E-state index in [1.54, 1.807) is 0 Å². The van der Waals surface area contributed by atoms with Gasteiger partial charge in [0.15, 0.2) is 0 Å². The van der Waals surface area contributed by atoms with E-state index in [2.05, 4.69) is 16.4 Å². The zero-order valence-corrected chi connectivity index (χ0v) is 20.7. The van der Waals surface area contributed by atoms with Crippen LogP contribution in [0.2, 0.25) is 0 Å². The number of carbonyl (C=O) groups is 1. The molecule has 4 aromatic rings. The molecule has 7 heteroatoms. The topological polar surface area (TPSA) is 95.0 Å². The number of thiophene rings is 1. The number of rotatable bonds is 4. The average molecular weight is 482 g/mol. The number of nitrogen functional groups attached to an aromatic ring is 1. The van der Waals surface area contributed by atoms with Crippen LogP contribution in [0.15, 0.2) is 48.5 Å². The van der Waals surface area contributed by atoms with E-state index in [1.165, 1.54) is 11.3 Å². The van der Waals surface area contributed by atoms with Crippen LogP contribution >= 0.6 is 11.3 Å². The van der Waals surface area contributed by atoms with Crippen molar-refractivity contribution in [3.8, 4) is 17.2 Å². The summed E-state index contributed by atoms with van der Waals surface area (Å²) in [6, 6.07) is 18.2. The molecule has 0 radical (unpaired) electrons. The van der Waals surface area contributed by atoms with Gasteiger partial charge in [0.1, 0.15) is 28.0 Å². The minimum atomic E-state index is -0.0431. The molecule has 2 aromatic heterocycles. The monoisotopic (exact) mass is 481 g/mol. The number of aryl methyl sites for hydroxylation is 2. The first-order chi connectivity index (χ1) is 17.0. The van der Waals surface area contributed by atoms with Crippen molar-refractivity contribution in [3.05, 3.63) is 70.8 Å². The number of likely N-dealkylation sites (tertiary alicyclic amines) is 1. The summed E-state index contributed by atoms with van der Waals surface area (Å²) in [6.45, 7) is 5.52. The second kappa shape index (κ2) is 9.40. The van der Waals surface area contributed by atoms with Gasteiger partial charge in [0.05, 0.1) is 10.2 Å². The van der Waals surface area contributed by atoms with Crippen molar-refractivity contribution in [3.63, 3.8) is 0 Å². The van der Waals surface area contributed by atoms with Crippen LogP contribution in [-0.4, -0.2) is 28.9 Å². The lowest BCUT2D eigenvalue weighted by Crippen LogP contribution is -2.35. The number of fused-ring (bicyclic) bond motifs is 1. The summed E-state index contributed by atoms with van der Waals surface area (Å²) < 4.78 is 0.788. The third-order valence-electron chi connectivity index (χ3n) is 6.55. The number of hydrogen-bond donors (Lipinski definition) is 2. The number of nitrogens with zero attached hydrogens (tertiary/aromatic N) is 3. The molecule has 0 saturated carbocycles. The van der Waals surface area contributed by atoms with E-state index in [0.29, 0.717) is 16.6 Å². The highest BCUT2D eigenvalue weighted by Gasteiger charge is 2.29. The van der Waals surface area contributed by atoms with Gasteiger partial charge < -0.3 is 16.0 Å². The Morgan fingerprint density at radius 3 is 2.49 bits per heavy atom. The van der Waals surface area contributed by atoms with Gasteiger partial charge in [-0.3, -0.25) is 4.79 Å². The van der Waals surface area contributed by atoms with Crippen molar-refractivity contribution in [1.82, 2.24) is 9.88 Å².